The van der Waals surface area contributed by atoms with Crippen molar-refractivity contribution in [1.29, 1.82) is 0 Å². The zero-order chi connectivity index (χ0) is 14.8. The lowest BCUT2D eigenvalue weighted by atomic mass is 10.1. The predicted molar refractivity (Wildman–Crippen MR) is 82.2 cm³/mol. The standard InChI is InChI=1S/C16H23N3O2/c17-13-2-1-12(11-13)16(21)19-9-7-18(8-10-19)14-3-5-15(20)6-4-14/h3-6,12-13,20H,1-2,7-11,17H2/t12-,13-/m1/s1. The molecule has 0 bridgehead atoms. The first-order valence-corrected chi connectivity index (χ1v) is 7.72. The van der Waals surface area contributed by atoms with E-state index in [1.165, 1.54) is 0 Å². The minimum absolute atomic E-state index is 0.139. The zero-order valence-corrected chi connectivity index (χ0v) is 12.2. The average Bonchev–Trinajstić information content (AvgIpc) is 2.94. The van der Waals surface area contributed by atoms with Gasteiger partial charge in [0, 0.05) is 43.8 Å². The van der Waals surface area contributed by atoms with Gasteiger partial charge in [-0.1, -0.05) is 0 Å². The number of phenols is 1. The van der Waals surface area contributed by atoms with Crippen LogP contribution in [-0.2, 0) is 4.79 Å². The van der Waals surface area contributed by atoms with Crippen LogP contribution in [0.4, 0.5) is 5.69 Å². The van der Waals surface area contributed by atoms with Gasteiger partial charge in [-0.05, 0) is 43.5 Å². The number of nitrogens with zero attached hydrogens (tertiary/aromatic N) is 2. The monoisotopic (exact) mass is 289 g/mol. The normalized spacial score (nSPS) is 26.1. The molecule has 2 fully saturated rings. The summed E-state index contributed by atoms with van der Waals surface area (Å²) in [7, 11) is 0. The molecule has 0 spiro atoms. The molecule has 5 heteroatoms. The van der Waals surface area contributed by atoms with Gasteiger partial charge in [0.1, 0.15) is 5.75 Å². The Morgan fingerprint density at radius 3 is 2.33 bits per heavy atom. The topological polar surface area (TPSA) is 69.8 Å². The second-order valence-electron chi connectivity index (χ2n) is 6.10. The van der Waals surface area contributed by atoms with Crippen molar-refractivity contribution in [3.05, 3.63) is 24.3 Å². The number of phenolic OH excluding ortho intramolecular Hbond substituents is 1. The van der Waals surface area contributed by atoms with Crippen LogP contribution in [-0.4, -0.2) is 48.1 Å². The van der Waals surface area contributed by atoms with Gasteiger partial charge in [-0.2, -0.15) is 0 Å². The predicted octanol–water partition coefficient (Wildman–Crippen LogP) is 1.17. The van der Waals surface area contributed by atoms with Crippen LogP contribution in [0, 0.1) is 5.92 Å². The number of aromatic hydroxyl groups is 1. The highest BCUT2D eigenvalue weighted by Gasteiger charge is 2.32. The third kappa shape index (κ3) is 3.13. The summed E-state index contributed by atoms with van der Waals surface area (Å²) in [5.74, 6) is 0.707. The van der Waals surface area contributed by atoms with Crippen molar-refractivity contribution in [1.82, 2.24) is 4.90 Å². The lowest BCUT2D eigenvalue weighted by Gasteiger charge is -2.37. The molecule has 1 saturated carbocycles. The summed E-state index contributed by atoms with van der Waals surface area (Å²) in [6.07, 6.45) is 2.76. The highest BCUT2D eigenvalue weighted by molar-refractivity contribution is 5.79. The Hall–Kier alpha value is -1.75. The van der Waals surface area contributed by atoms with E-state index in [1.807, 2.05) is 17.0 Å². The number of rotatable bonds is 2. The van der Waals surface area contributed by atoms with E-state index in [1.54, 1.807) is 12.1 Å². The fraction of sp³-hybridized carbons (Fsp3) is 0.562. The zero-order valence-electron chi connectivity index (χ0n) is 12.2. The molecule has 21 heavy (non-hydrogen) atoms. The molecule has 1 heterocycles. The first-order valence-electron chi connectivity index (χ1n) is 7.72. The van der Waals surface area contributed by atoms with Crippen molar-refractivity contribution in [2.45, 2.75) is 25.3 Å². The molecule has 2 aliphatic rings. The van der Waals surface area contributed by atoms with Gasteiger partial charge in [0.25, 0.3) is 0 Å². The van der Waals surface area contributed by atoms with E-state index in [2.05, 4.69) is 4.90 Å². The van der Waals surface area contributed by atoms with Crippen LogP contribution in [0.2, 0.25) is 0 Å². The fourth-order valence-electron chi connectivity index (χ4n) is 3.35. The van der Waals surface area contributed by atoms with Gasteiger partial charge in [0.05, 0.1) is 0 Å². The van der Waals surface area contributed by atoms with Crippen LogP contribution in [0.5, 0.6) is 5.75 Å². The highest BCUT2D eigenvalue weighted by Crippen LogP contribution is 2.27. The number of hydrogen-bond acceptors (Lipinski definition) is 4. The third-order valence-corrected chi connectivity index (χ3v) is 4.63. The van der Waals surface area contributed by atoms with Gasteiger partial charge in [-0.3, -0.25) is 4.79 Å². The molecule has 2 atom stereocenters. The van der Waals surface area contributed by atoms with Crippen LogP contribution in [0.1, 0.15) is 19.3 Å². The van der Waals surface area contributed by atoms with Gasteiger partial charge in [0.2, 0.25) is 5.91 Å². The van der Waals surface area contributed by atoms with Crippen LogP contribution < -0.4 is 10.6 Å². The lowest BCUT2D eigenvalue weighted by Crippen LogP contribution is -2.50. The Morgan fingerprint density at radius 1 is 1.10 bits per heavy atom. The molecule has 1 aromatic carbocycles. The number of carbonyl (C=O) groups is 1. The quantitative estimate of drug-likeness (QED) is 0.857. The van der Waals surface area contributed by atoms with E-state index >= 15 is 0 Å². The van der Waals surface area contributed by atoms with Crippen molar-refractivity contribution < 1.29 is 9.90 Å². The third-order valence-electron chi connectivity index (χ3n) is 4.63. The van der Waals surface area contributed by atoms with E-state index in [-0.39, 0.29) is 23.6 Å². The Balaban J connectivity index is 1.55. The fourth-order valence-corrected chi connectivity index (χ4v) is 3.35. The van der Waals surface area contributed by atoms with Crippen molar-refractivity contribution in [3.63, 3.8) is 0 Å². The SMILES string of the molecule is N[C@@H]1CC[C@@H](C(=O)N2CCN(c3ccc(O)cc3)CC2)C1. The molecule has 1 aromatic rings. The molecule has 1 aliphatic carbocycles. The molecule has 3 rings (SSSR count). The molecular formula is C16H23N3O2. The number of hydrogen-bond donors (Lipinski definition) is 2. The van der Waals surface area contributed by atoms with Gasteiger partial charge in [0.15, 0.2) is 0 Å². The highest BCUT2D eigenvalue weighted by atomic mass is 16.3. The molecule has 3 N–H and O–H groups in total. The van der Waals surface area contributed by atoms with Crippen molar-refractivity contribution in [2.24, 2.45) is 11.7 Å². The summed E-state index contributed by atoms with van der Waals surface area (Å²) in [4.78, 5) is 16.7. The first-order chi connectivity index (χ1) is 10.1. The number of benzene rings is 1. The Labute approximate surface area is 125 Å². The van der Waals surface area contributed by atoms with E-state index in [0.717, 1.165) is 51.1 Å². The first kappa shape index (κ1) is 14.2. The van der Waals surface area contributed by atoms with Crippen LogP contribution in [0.25, 0.3) is 0 Å². The summed E-state index contributed by atoms with van der Waals surface area (Å²) in [5, 5.41) is 9.33. The summed E-state index contributed by atoms with van der Waals surface area (Å²) >= 11 is 0. The van der Waals surface area contributed by atoms with E-state index in [9.17, 15) is 9.90 Å². The number of carbonyl (C=O) groups excluding carboxylic acids is 1. The molecule has 0 unspecified atom stereocenters. The minimum atomic E-state index is 0.139. The molecule has 5 nitrogen and oxygen atoms in total. The van der Waals surface area contributed by atoms with Crippen LogP contribution >= 0.6 is 0 Å². The smallest absolute Gasteiger partial charge is 0.225 e. The van der Waals surface area contributed by atoms with Gasteiger partial charge >= 0.3 is 0 Å². The van der Waals surface area contributed by atoms with Crippen molar-refractivity contribution >= 4 is 11.6 Å². The Kier molecular flexibility index (Phi) is 4.01. The second kappa shape index (κ2) is 5.93. The van der Waals surface area contributed by atoms with Crippen LogP contribution in [0.15, 0.2) is 24.3 Å². The van der Waals surface area contributed by atoms with E-state index in [0.29, 0.717) is 0 Å². The van der Waals surface area contributed by atoms with Gasteiger partial charge in [-0.25, -0.2) is 0 Å². The minimum Gasteiger partial charge on any atom is -0.508 e. The molecule has 1 aliphatic heterocycles. The van der Waals surface area contributed by atoms with Crippen molar-refractivity contribution in [2.75, 3.05) is 31.1 Å². The van der Waals surface area contributed by atoms with Gasteiger partial charge in [-0.15, -0.1) is 0 Å². The Morgan fingerprint density at radius 2 is 1.76 bits per heavy atom. The second-order valence-corrected chi connectivity index (χ2v) is 6.10. The summed E-state index contributed by atoms with van der Waals surface area (Å²) in [5.41, 5.74) is 7.00. The largest absolute Gasteiger partial charge is 0.508 e. The van der Waals surface area contributed by atoms with Gasteiger partial charge < -0.3 is 20.6 Å². The molecule has 1 saturated heterocycles. The number of amides is 1. The van der Waals surface area contributed by atoms with E-state index in [4.69, 9.17) is 5.73 Å². The summed E-state index contributed by atoms with van der Waals surface area (Å²) in [6.45, 7) is 3.22. The molecular weight excluding hydrogens is 266 g/mol. The molecule has 1 amide bonds. The van der Waals surface area contributed by atoms with Crippen molar-refractivity contribution in [3.8, 4) is 5.75 Å². The molecule has 0 aromatic heterocycles. The number of anilines is 1. The number of piperazine rings is 1. The summed E-state index contributed by atoms with van der Waals surface area (Å²) in [6, 6.07) is 7.45. The summed E-state index contributed by atoms with van der Waals surface area (Å²) < 4.78 is 0. The molecule has 0 radical (unpaired) electrons. The van der Waals surface area contributed by atoms with Crippen LogP contribution in [0.3, 0.4) is 0 Å². The maximum absolute atomic E-state index is 12.5. The lowest BCUT2D eigenvalue weighted by molar-refractivity contribution is -0.135. The Bertz CT molecular complexity index is 495. The average molecular weight is 289 g/mol. The maximum Gasteiger partial charge on any atom is 0.225 e. The maximum atomic E-state index is 12.5. The number of nitrogens with two attached hydrogens (primary N) is 1. The molecule has 114 valence electrons. The van der Waals surface area contributed by atoms with E-state index < -0.39 is 0 Å².